The highest BCUT2D eigenvalue weighted by molar-refractivity contribution is 6.37. The maximum Gasteiger partial charge on any atom is 0.268 e. The Hall–Kier alpha value is -6.59. The molecule has 0 bridgehead atoms. The Kier molecular flexibility index (Phi) is 6.37. The lowest BCUT2D eigenvalue weighted by Gasteiger charge is -2.23. The van der Waals surface area contributed by atoms with Crippen LogP contribution in [-0.2, 0) is 0 Å². The van der Waals surface area contributed by atoms with E-state index in [1.165, 1.54) is 4.90 Å². The van der Waals surface area contributed by atoms with Gasteiger partial charge >= 0.3 is 0 Å². The molecule has 1 aliphatic heterocycles. The summed E-state index contributed by atoms with van der Waals surface area (Å²) in [6.45, 7) is 0. The van der Waals surface area contributed by atoms with Crippen LogP contribution in [0.5, 0.6) is 0 Å². The van der Waals surface area contributed by atoms with Gasteiger partial charge in [-0.1, -0.05) is 115 Å². The van der Waals surface area contributed by atoms with Crippen LogP contribution >= 0.6 is 0 Å². The highest BCUT2D eigenvalue weighted by Gasteiger charge is 2.41. The molecule has 1 aliphatic rings. The standard InChI is InChI=1S/C43H27N3O2/c47-42-36-18-10-20-38(45-37-19-8-7-15-34(37)35-22-21-31(27-39(35)45)28-23-25-44-26-24-28)40(36)43(48)46(42)41-32(29-11-3-1-4-12-29)16-9-17-33(41)30-13-5-2-6-14-30/h1-27H. The fourth-order valence-electron chi connectivity index (χ4n) is 7.10. The molecular formula is C43H27N3O2. The summed E-state index contributed by atoms with van der Waals surface area (Å²) in [5.41, 5.74) is 9.49. The summed E-state index contributed by atoms with van der Waals surface area (Å²) in [6.07, 6.45) is 3.57. The molecule has 2 aromatic heterocycles. The first-order valence-corrected chi connectivity index (χ1v) is 15.9. The Bertz CT molecular complexity index is 2480. The number of aromatic nitrogens is 2. The first-order chi connectivity index (χ1) is 23.7. The van der Waals surface area contributed by atoms with Gasteiger partial charge in [-0.2, -0.15) is 0 Å². The summed E-state index contributed by atoms with van der Waals surface area (Å²) < 4.78 is 2.13. The molecule has 0 aliphatic carbocycles. The maximum atomic E-state index is 14.9. The second-order valence-electron chi connectivity index (χ2n) is 11.9. The van der Waals surface area contributed by atoms with Crippen molar-refractivity contribution in [2.24, 2.45) is 0 Å². The van der Waals surface area contributed by atoms with Crippen LogP contribution in [0.1, 0.15) is 20.7 Å². The van der Waals surface area contributed by atoms with Gasteiger partial charge in [0.05, 0.1) is 33.5 Å². The van der Waals surface area contributed by atoms with Crippen molar-refractivity contribution < 1.29 is 9.59 Å². The first-order valence-electron chi connectivity index (χ1n) is 15.9. The normalized spacial score (nSPS) is 12.6. The fraction of sp³-hybridized carbons (Fsp3) is 0. The molecule has 0 spiro atoms. The van der Waals surface area contributed by atoms with E-state index in [0.29, 0.717) is 22.5 Å². The number of imide groups is 1. The molecular weight excluding hydrogens is 590 g/mol. The maximum absolute atomic E-state index is 14.9. The average molecular weight is 618 g/mol. The van der Waals surface area contributed by atoms with E-state index in [2.05, 4.69) is 39.9 Å². The topological polar surface area (TPSA) is 55.2 Å². The second-order valence-corrected chi connectivity index (χ2v) is 11.9. The highest BCUT2D eigenvalue weighted by atomic mass is 16.2. The van der Waals surface area contributed by atoms with Gasteiger partial charge in [-0.15, -0.1) is 0 Å². The zero-order valence-corrected chi connectivity index (χ0v) is 25.7. The van der Waals surface area contributed by atoms with Gasteiger partial charge in [-0.3, -0.25) is 14.6 Å². The number of hydrogen-bond acceptors (Lipinski definition) is 3. The zero-order valence-electron chi connectivity index (χ0n) is 25.7. The van der Waals surface area contributed by atoms with Gasteiger partial charge in [-0.25, -0.2) is 4.90 Å². The van der Waals surface area contributed by atoms with Crippen molar-refractivity contribution in [3.63, 3.8) is 0 Å². The zero-order chi connectivity index (χ0) is 32.2. The third-order valence-corrected chi connectivity index (χ3v) is 9.25. The van der Waals surface area contributed by atoms with Crippen LogP contribution in [0, 0.1) is 0 Å². The number of para-hydroxylation sites is 2. The molecule has 226 valence electrons. The number of amides is 2. The van der Waals surface area contributed by atoms with Crippen molar-refractivity contribution in [2.45, 2.75) is 0 Å². The van der Waals surface area contributed by atoms with Crippen LogP contribution < -0.4 is 4.90 Å². The van der Waals surface area contributed by atoms with Crippen molar-refractivity contribution in [3.8, 4) is 39.1 Å². The third kappa shape index (κ3) is 4.22. The summed E-state index contributed by atoms with van der Waals surface area (Å²) in [7, 11) is 0. The van der Waals surface area contributed by atoms with Gasteiger partial charge in [-0.05, 0) is 58.7 Å². The molecule has 0 N–H and O–H groups in total. The van der Waals surface area contributed by atoms with Crippen LogP contribution in [0.15, 0.2) is 164 Å². The molecule has 0 saturated carbocycles. The molecule has 0 saturated heterocycles. The monoisotopic (exact) mass is 617 g/mol. The van der Waals surface area contributed by atoms with E-state index in [-0.39, 0.29) is 11.8 Å². The number of rotatable bonds is 5. The summed E-state index contributed by atoms with van der Waals surface area (Å²) in [4.78, 5) is 35.1. The van der Waals surface area contributed by atoms with Crippen molar-refractivity contribution in [1.29, 1.82) is 0 Å². The molecule has 8 aromatic rings. The molecule has 0 radical (unpaired) electrons. The summed E-state index contributed by atoms with van der Waals surface area (Å²) >= 11 is 0. The SMILES string of the molecule is O=C1c2cccc(-n3c4ccccc4c4ccc(-c5ccncc5)cc43)c2C(=O)N1c1c(-c2ccccc2)cccc1-c1ccccc1. The lowest BCUT2D eigenvalue weighted by Crippen LogP contribution is -2.30. The molecule has 48 heavy (non-hydrogen) atoms. The summed E-state index contributed by atoms with van der Waals surface area (Å²) in [6, 6.07) is 50.0. The largest absolute Gasteiger partial charge is 0.308 e. The first kappa shape index (κ1) is 27.7. The minimum absolute atomic E-state index is 0.337. The van der Waals surface area contributed by atoms with Gasteiger partial charge in [0, 0.05) is 34.3 Å². The lowest BCUT2D eigenvalue weighted by atomic mass is 9.95. The van der Waals surface area contributed by atoms with Crippen LogP contribution in [0.4, 0.5) is 5.69 Å². The number of benzene rings is 6. The minimum atomic E-state index is -0.345. The van der Waals surface area contributed by atoms with Crippen LogP contribution in [-0.4, -0.2) is 21.4 Å². The molecule has 5 heteroatoms. The summed E-state index contributed by atoms with van der Waals surface area (Å²) in [5.74, 6) is -0.682. The molecule has 5 nitrogen and oxygen atoms in total. The van der Waals surface area contributed by atoms with Gasteiger partial charge in [0.15, 0.2) is 0 Å². The Morgan fingerprint density at radius 3 is 1.75 bits per heavy atom. The average Bonchev–Trinajstić information content (AvgIpc) is 3.62. The number of anilines is 1. The number of carbonyl (C=O) groups is 2. The highest BCUT2D eigenvalue weighted by Crippen LogP contribution is 2.45. The van der Waals surface area contributed by atoms with Gasteiger partial charge < -0.3 is 4.57 Å². The number of nitrogens with zero attached hydrogens (tertiary/aromatic N) is 3. The van der Waals surface area contributed by atoms with E-state index in [1.807, 2.05) is 115 Å². The van der Waals surface area contributed by atoms with Gasteiger partial charge in [0.25, 0.3) is 11.8 Å². The van der Waals surface area contributed by atoms with Crippen LogP contribution in [0.2, 0.25) is 0 Å². The Morgan fingerprint density at radius 1 is 0.438 bits per heavy atom. The number of fused-ring (bicyclic) bond motifs is 4. The fourth-order valence-corrected chi connectivity index (χ4v) is 7.10. The van der Waals surface area contributed by atoms with E-state index in [1.54, 1.807) is 18.5 Å². The summed E-state index contributed by atoms with van der Waals surface area (Å²) in [5, 5.41) is 2.14. The second kappa shape index (κ2) is 11.0. The van der Waals surface area contributed by atoms with Crippen LogP contribution in [0.25, 0.3) is 60.9 Å². The molecule has 6 aromatic carbocycles. The van der Waals surface area contributed by atoms with Crippen molar-refractivity contribution in [1.82, 2.24) is 9.55 Å². The molecule has 0 unspecified atom stereocenters. The third-order valence-electron chi connectivity index (χ3n) is 9.25. The van der Waals surface area contributed by atoms with Crippen molar-refractivity contribution >= 4 is 39.3 Å². The van der Waals surface area contributed by atoms with E-state index < -0.39 is 0 Å². The smallest absolute Gasteiger partial charge is 0.268 e. The van der Waals surface area contributed by atoms with E-state index in [9.17, 15) is 9.59 Å². The molecule has 2 amide bonds. The van der Waals surface area contributed by atoms with E-state index in [0.717, 1.165) is 55.2 Å². The molecule has 3 heterocycles. The molecule has 9 rings (SSSR count). The number of hydrogen-bond donors (Lipinski definition) is 0. The number of pyridine rings is 1. The predicted octanol–water partition coefficient (Wildman–Crippen LogP) is 9.98. The Morgan fingerprint density at radius 2 is 1.04 bits per heavy atom. The van der Waals surface area contributed by atoms with Gasteiger partial charge in [0.1, 0.15) is 0 Å². The Labute approximate surface area is 277 Å². The van der Waals surface area contributed by atoms with Gasteiger partial charge in [0.2, 0.25) is 0 Å². The van der Waals surface area contributed by atoms with E-state index in [4.69, 9.17) is 0 Å². The molecule has 0 fully saturated rings. The molecule has 0 atom stereocenters. The van der Waals surface area contributed by atoms with Crippen molar-refractivity contribution in [3.05, 3.63) is 175 Å². The minimum Gasteiger partial charge on any atom is -0.308 e. The lowest BCUT2D eigenvalue weighted by molar-refractivity contribution is 0.0926. The van der Waals surface area contributed by atoms with Crippen molar-refractivity contribution in [2.75, 3.05) is 4.90 Å². The Balaban J connectivity index is 1.29. The quantitative estimate of drug-likeness (QED) is 0.181. The predicted molar refractivity (Wildman–Crippen MR) is 192 cm³/mol. The number of carbonyl (C=O) groups excluding carboxylic acids is 2. The van der Waals surface area contributed by atoms with Crippen LogP contribution in [0.3, 0.4) is 0 Å². The van der Waals surface area contributed by atoms with E-state index >= 15 is 0 Å².